The van der Waals surface area contributed by atoms with E-state index in [0.29, 0.717) is 44.4 Å². The Morgan fingerprint density at radius 2 is 1.57 bits per heavy atom. The quantitative estimate of drug-likeness (QED) is 0.210. The highest BCUT2D eigenvalue weighted by Crippen LogP contribution is 2.44. The van der Waals surface area contributed by atoms with E-state index in [4.69, 9.17) is 13.7 Å². The number of carbonyl (C=O) groups excluding carboxylic acids is 1. The highest BCUT2D eigenvalue weighted by Gasteiger charge is 2.42. The maximum Gasteiger partial charge on any atom is 0.479 e. The van der Waals surface area contributed by atoms with Crippen molar-refractivity contribution in [1.29, 1.82) is 0 Å². The van der Waals surface area contributed by atoms with Gasteiger partial charge >= 0.3 is 11.6 Å². The van der Waals surface area contributed by atoms with E-state index in [-0.39, 0.29) is 17.9 Å². The lowest BCUT2D eigenvalue weighted by Gasteiger charge is -2.42. The van der Waals surface area contributed by atoms with Crippen molar-refractivity contribution in [2.75, 3.05) is 32.8 Å². The first-order valence-electron chi connectivity index (χ1n) is 11.3. The summed E-state index contributed by atoms with van der Waals surface area (Å²) in [6.07, 6.45) is 5.10. The number of thiol groups is 1. The Kier molecular flexibility index (Phi) is 19.1. The number of nitrogens with zero attached hydrogens (tertiary/aromatic N) is 1. The van der Waals surface area contributed by atoms with Gasteiger partial charge in [-0.1, -0.05) is 26.0 Å². The summed E-state index contributed by atoms with van der Waals surface area (Å²) in [5.74, 6) is 0.586. The van der Waals surface area contributed by atoms with Crippen molar-refractivity contribution in [3.05, 3.63) is 35.9 Å². The van der Waals surface area contributed by atoms with Crippen LogP contribution in [0.2, 0.25) is 0 Å². The van der Waals surface area contributed by atoms with E-state index >= 15 is 0 Å². The summed E-state index contributed by atoms with van der Waals surface area (Å²) >= 11 is 3.23. The van der Waals surface area contributed by atoms with Crippen molar-refractivity contribution in [1.82, 2.24) is 4.90 Å². The van der Waals surface area contributed by atoms with Crippen molar-refractivity contribution in [3.8, 4) is 5.75 Å². The fourth-order valence-electron chi connectivity index (χ4n) is 3.13. The summed E-state index contributed by atoms with van der Waals surface area (Å²) in [4.78, 5) is 13.8. The van der Waals surface area contributed by atoms with E-state index in [2.05, 4.69) is 12.6 Å². The van der Waals surface area contributed by atoms with Crippen LogP contribution in [0.25, 0.3) is 5.76 Å². The maximum absolute atomic E-state index is 12.6. The van der Waals surface area contributed by atoms with E-state index < -0.39 is 34.8 Å². The number of ether oxygens (including phenoxy) is 2. The molecule has 1 saturated heterocycles. The van der Waals surface area contributed by atoms with Gasteiger partial charge in [-0.25, -0.2) is 4.79 Å². The van der Waals surface area contributed by atoms with Gasteiger partial charge in [-0.15, -0.1) is 0 Å². The van der Waals surface area contributed by atoms with Gasteiger partial charge in [-0.05, 0) is 39.2 Å². The van der Waals surface area contributed by atoms with Crippen molar-refractivity contribution < 1.29 is 39.9 Å². The molecule has 0 aliphatic carbocycles. The topological polar surface area (TPSA) is 48.0 Å². The lowest BCUT2D eigenvalue weighted by atomic mass is 9.87. The summed E-state index contributed by atoms with van der Waals surface area (Å²) in [5, 5.41) is 0. The van der Waals surface area contributed by atoms with Crippen LogP contribution in [0.5, 0.6) is 5.75 Å². The maximum atomic E-state index is 12.6. The van der Waals surface area contributed by atoms with E-state index in [1.54, 1.807) is 62.3 Å². The predicted octanol–water partition coefficient (Wildman–Crippen LogP) is 8.77. The second-order valence-electron chi connectivity index (χ2n) is 7.91. The number of fused-ring (bicyclic) bond motifs is 1. The molecule has 0 saturated carbocycles. The molecule has 0 radical (unpaired) electrons. The molecule has 0 atom stereocenters. The molecule has 0 bridgehead atoms. The van der Waals surface area contributed by atoms with Crippen LogP contribution in [-0.2, 0) is 8.92 Å². The van der Waals surface area contributed by atoms with Gasteiger partial charge in [0.2, 0.25) is 0 Å². The van der Waals surface area contributed by atoms with Gasteiger partial charge in [0.05, 0.1) is 12.7 Å². The van der Waals surface area contributed by atoms with E-state index in [1.165, 1.54) is 6.26 Å². The van der Waals surface area contributed by atoms with Gasteiger partial charge in [0.15, 0.2) is 12.0 Å². The minimum atomic E-state index is -4.51. The van der Waals surface area contributed by atoms with Crippen LogP contribution in [0, 0.1) is 0 Å². The number of para-hydroxylation sites is 1. The average molecular weight is 596 g/mol. The van der Waals surface area contributed by atoms with Crippen LogP contribution in [0.3, 0.4) is 0 Å². The standard InChI is InChI=1S/C19H22F3NO4S.C2H6.CH3FS.CH3F.CH4S/c1-17(2,3)26-16(24)23-10-8-18(9-11-23)12-15(27-28-19(20,21)22)13-6-4-5-7-14(13)25-18;1-2;1-3-2;2*1-2/h4-7,12H,8-11H2,1-3H3;1-2H3;1H3;1H3;2H,1H3. The molecule has 216 valence electrons. The number of likely N-dealkylation sites (tertiary alicyclic amines) is 1. The lowest BCUT2D eigenvalue weighted by molar-refractivity contribution is -0.0378. The van der Waals surface area contributed by atoms with Gasteiger partial charge in [0.25, 0.3) is 0 Å². The van der Waals surface area contributed by atoms with Gasteiger partial charge in [0.1, 0.15) is 22.7 Å². The van der Waals surface area contributed by atoms with Crippen molar-refractivity contribution in [3.63, 3.8) is 0 Å². The molecular weight excluding hydrogens is 557 g/mol. The van der Waals surface area contributed by atoms with Crippen LogP contribution in [0.4, 0.5) is 26.2 Å². The number of piperidine rings is 1. The van der Waals surface area contributed by atoms with Crippen LogP contribution in [0.15, 0.2) is 30.3 Å². The monoisotopic (exact) mass is 595 g/mol. The number of rotatable bonds is 2. The van der Waals surface area contributed by atoms with E-state index in [9.17, 15) is 26.2 Å². The number of hydrogen-bond acceptors (Lipinski definition) is 7. The van der Waals surface area contributed by atoms with Crippen molar-refractivity contribution in [2.24, 2.45) is 0 Å². The summed E-state index contributed by atoms with van der Waals surface area (Å²) in [5.41, 5.74) is -5.46. The third kappa shape index (κ3) is 14.3. The molecule has 0 unspecified atom stereocenters. The molecule has 1 aromatic rings. The summed E-state index contributed by atoms with van der Waals surface area (Å²) in [6.45, 7) is 10.1. The molecule has 2 aliphatic rings. The third-order valence-electron chi connectivity index (χ3n) is 4.35. The first-order valence-corrected chi connectivity index (χ1v) is 14.0. The molecule has 3 rings (SSSR count). The molecule has 1 aromatic carbocycles. The molecule has 1 amide bonds. The Hall–Kier alpha value is -1.47. The second kappa shape index (κ2) is 18.7. The zero-order valence-electron chi connectivity index (χ0n) is 22.4. The third-order valence-corrected chi connectivity index (χ3v) is 4.80. The number of alkyl halides is 4. The summed E-state index contributed by atoms with van der Waals surface area (Å²) < 4.78 is 74.1. The van der Waals surface area contributed by atoms with Gasteiger partial charge in [-0.2, -0.15) is 29.7 Å². The molecule has 0 N–H and O–H groups in total. The van der Waals surface area contributed by atoms with Crippen LogP contribution >= 0.6 is 36.8 Å². The fraction of sp³-hybridized carbons (Fsp3) is 0.625. The van der Waals surface area contributed by atoms with E-state index in [0.717, 1.165) is 0 Å². The molecule has 2 heterocycles. The molecule has 2 aliphatic heterocycles. The number of benzene rings is 1. The van der Waals surface area contributed by atoms with Crippen LogP contribution in [0.1, 0.15) is 53.0 Å². The number of halogens is 5. The van der Waals surface area contributed by atoms with Gasteiger partial charge in [0, 0.05) is 50.4 Å². The molecular formula is C24H38F5NO4S3. The van der Waals surface area contributed by atoms with Gasteiger partial charge in [-0.3, -0.25) is 4.39 Å². The summed E-state index contributed by atoms with van der Waals surface area (Å²) in [6, 6.07) is 6.82. The zero-order valence-corrected chi connectivity index (χ0v) is 25.0. The normalized spacial score (nSPS) is 15.2. The largest absolute Gasteiger partial charge is 0.482 e. The van der Waals surface area contributed by atoms with Crippen molar-refractivity contribution >= 4 is 48.7 Å². The minimum Gasteiger partial charge on any atom is -0.482 e. The van der Waals surface area contributed by atoms with Gasteiger partial charge < -0.3 is 18.6 Å². The summed E-state index contributed by atoms with van der Waals surface area (Å²) in [7, 11) is 0.500. The SMILES string of the molecule is CC.CC(C)(C)OC(=O)N1CCC2(C=C(OSC(F)(F)F)c3ccccc3O2)CC1.CF.CS.CSF. The molecule has 13 heteroatoms. The first-order chi connectivity index (χ1) is 17.4. The minimum absolute atomic E-state index is 0.120. The molecule has 1 spiro atoms. The number of amides is 1. The van der Waals surface area contributed by atoms with Crippen molar-refractivity contribution in [2.45, 2.75) is 64.2 Å². The van der Waals surface area contributed by atoms with Crippen LogP contribution in [-0.4, -0.2) is 60.5 Å². The Balaban J connectivity index is 0. The highest BCUT2D eigenvalue weighted by molar-refractivity contribution is 7.95. The highest BCUT2D eigenvalue weighted by atomic mass is 32.2. The molecule has 0 aromatic heterocycles. The Bertz CT molecular complexity index is 797. The molecule has 1 fully saturated rings. The van der Waals surface area contributed by atoms with E-state index in [1.807, 2.05) is 13.8 Å². The lowest BCUT2D eigenvalue weighted by Crippen LogP contribution is -2.50. The average Bonchev–Trinajstić information content (AvgIpc) is 2.85. The Morgan fingerprint density at radius 3 is 2.03 bits per heavy atom. The molecule has 37 heavy (non-hydrogen) atoms. The Labute approximate surface area is 231 Å². The molecule has 5 nitrogen and oxygen atoms in total. The second-order valence-corrected chi connectivity index (χ2v) is 9.01. The van der Waals surface area contributed by atoms with Crippen LogP contribution < -0.4 is 4.74 Å². The number of carbonyl (C=O) groups is 1. The fourth-order valence-corrected chi connectivity index (χ4v) is 3.45. The zero-order chi connectivity index (χ0) is 29.3. The predicted molar refractivity (Wildman–Crippen MR) is 147 cm³/mol. The first kappa shape index (κ1) is 37.7. The Morgan fingerprint density at radius 1 is 1.08 bits per heavy atom. The number of hydrogen-bond donors (Lipinski definition) is 1. The smallest absolute Gasteiger partial charge is 0.479 e.